The molecule has 122 valence electrons. The first-order valence-corrected chi connectivity index (χ1v) is 8.56. The lowest BCUT2D eigenvalue weighted by atomic mass is 10.0. The Balaban J connectivity index is 1.59. The molecule has 5 heteroatoms. The van der Waals surface area contributed by atoms with Crippen LogP contribution in [0.15, 0.2) is 24.5 Å². The van der Waals surface area contributed by atoms with Gasteiger partial charge in [0.15, 0.2) is 0 Å². The Morgan fingerprint density at radius 3 is 3.13 bits per heavy atom. The number of aromatic nitrogens is 3. The second kappa shape index (κ2) is 6.42. The lowest BCUT2D eigenvalue weighted by molar-refractivity contribution is 0.164. The molecule has 1 atom stereocenters. The van der Waals surface area contributed by atoms with Crippen LogP contribution in [0, 0.1) is 5.92 Å². The molecule has 0 N–H and O–H groups in total. The Labute approximate surface area is 137 Å². The van der Waals surface area contributed by atoms with Gasteiger partial charge in [-0.1, -0.05) is 0 Å². The van der Waals surface area contributed by atoms with E-state index < -0.39 is 0 Å². The van der Waals surface area contributed by atoms with Gasteiger partial charge in [0.1, 0.15) is 0 Å². The van der Waals surface area contributed by atoms with Gasteiger partial charge >= 0.3 is 0 Å². The van der Waals surface area contributed by atoms with E-state index in [9.17, 15) is 0 Å². The Hall–Kier alpha value is -1.72. The lowest BCUT2D eigenvalue weighted by Crippen LogP contribution is -2.30. The number of hydrogen-bond acceptors (Lipinski definition) is 4. The van der Waals surface area contributed by atoms with E-state index in [2.05, 4.69) is 27.7 Å². The van der Waals surface area contributed by atoms with E-state index in [1.54, 1.807) is 0 Å². The number of ether oxygens (including phenoxy) is 1. The first kappa shape index (κ1) is 14.8. The van der Waals surface area contributed by atoms with Crippen molar-refractivity contribution >= 4 is 0 Å². The van der Waals surface area contributed by atoms with Crippen molar-refractivity contribution in [1.82, 2.24) is 19.7 Å². The predicted molar refractivity (Wildman–Crippen MR) is 89.0 cm³/mol. The van der Waals surface area contributed by atoms with Crippen molar-refractivity contribution < 1.29 is 4.74 Å². The van der Waals surface area contributed by atoms with Crippen LogP contribution in [0.2, 0.25) is 0 Å². The second-order valence-corrected chi connectivity index (χ2v) is 6.71. The second-order valence-electron chi connectivity index (χ2n) is 6.71. The summed E-state index contributed by atoms with van der Waals surface area (Å²) in [5, 5.41) is 4.80. The number of pyridine rings is 1. The van der Waals surface area contributed by atoms with Crippen molar-refractivity contribution in [2.24, 2.45) is 13.0 Å². The highest BCUT2D eigenvalue weighted by Gasteiger charge is 2.25. The normalized spacial score (nSPS) is 22.0. The molecule has 4 rings (SSSR count). The number of hydrogen-bond donors (Lipinski definition) is 0. The van der Waals surface area contributed by atoms with Crippen molar-refractivity contribution in [3.05, 3.63) is 35.8 Å². The predicted octanol–water partition coefficient (Wildman–Crippen LogP) is 2.27. The highest BCUT2D eigenvalue weighted by atomic mass is 16.5. The minimum Gasteiger partial charge on any atom is -0.381 e. The molecular formula is C18H24N4O. The molecule has 0 aromatic carbocycles. The zero-order chi connectivity index (χ0) is 15.6. The van der Waals surface area contributed by atoms with E-state index in [1.165, 1.54) is 24.1 Å². The molecule has 1 saturated heterocycles. The number of fused-ring (bicyclic) bond motifs is 1. The quantitative estimate of drug-likeness (QED) is 0.872. The zero-order valence-corrected chi connectivity index (χ0v) is 13.7. The van der Waals surface area contributed by atoms with Crippen LogP contribution in [0.3, 0.4) is 0 Å². The molecule has 0 saturated carbocycles. The molecule has 0 spiro atoms. The van der Waals surface area contributed by atoms with Crippen LogP contribution in [0.5, 0.6) is 0 Å². The summed E-state index contributed by atoms with van der Waals surface area (Å²) in [6.45, 7) is 5.16. The third kappa shape index (κ3) is 3.03. The van der Waals surface area contributed by atoms with Gasteiger partial charge in [0.25, 0.3) is 0 Å². The first-order valence-electron chi connectivity index (χ1n) is 8.56. The molecule has 1 unspecified atom stereocenters. The van der Waals surface area contributed by atoms with E-state index in [0.29, 0.717) is 5.92 Å². The highest BCUT2D eigenvalue weighted by molar-refractivity contribution is 5.63. The molecule has 0 amide bonds. The van der Waals surface area contributed by atoms with Crippen LogP contribution in [0.25, 0.3) is 11.3 Å². The SMILES string of the molecule is Cn1nc(-c2cccnc2)c2c1CN(CC1CCOC1)CCC2. The van der Waals surface area contributed by atoms with Gasteiger partial charge in [-0.2, -0.15) is 5.10 Å². The van der Waals surface area contributed by atoms with Gasteiger partial charge in [0, 0.05) is 50.3 Å². The van der Waals surface area contributed by atoms with Gasteiger partial charge in [-0.3, -0.25) is 14.6 Å². The van der Waals surface area contributed by atoms with Gasteiger partial charge in [-0.25, -0.2) is 0 Å². The fourth-order valence-corrected chi connectivity index (χ4v) is 3.82. The van der Waals surface area contributed by atoms with E-state index in [0.717, 1.165) is 50.5 Å². The Kier molecular flexibility index (Phi) is 4.14. The summed E-state index contributed by atoms with van der Waals surface area (Å²) in [4.78, 5) is 6.84. The van der Waals surface area contributed by atoms with Crippen molar-refractivity contribution in [3.8, 4) is 11.3 Å². The molecule has 4 heterocycles. The van der Waals surface area contributed by atoms with Gasteiger partial charge < -0.3 is 4.74 Å². The molecule has 0 bridgehead atoms. The van der Waals surface area contributed by atoms with Crippen molar-refractivity contribution in [2.45, 2.75) is 25.8 Å². The van der Waals surface area contributed by atoms with Crippen LogP contribution < -0.4 is 0 Å². The van der Waals surface area contributed by atoms with Gasteiger partial charge in [0.2, 0.25) is 0 Å². The smallest absolute Gasteiger partial charge is 0.0973 e. The third-order valence-electron chi connectivity index (χ3n) is 5.02. The van der Waals surface area contributed by atoms with E-state index >= 15 is 0 Å². The average molecular weight is 312 g/mol. The van der Waals surface area contributed by atoms with E-state index in [1.807, 2.05) is 18.5 Å². The fourth-order valence-electron chi connectivity index (χ4n) is 3.82. The highest BCUT2D eigenvalue weighted by Crippen LogP contribution is 2.29. The molecule has 5 nitrogen and oxygen atoms in total. The van der Waals surface area contributed by atoms with Crippen molar-refractivity contribution in [2.75, 3.05) is 26.3 Å². The summed E-state index contributed by atoms with van der Waals surface area (Å²) in [5.74, 6) is 0.697. The summed E-state index contributed by atoms with van der Waals surface area (Å²) in [5.41, 5.74) is 5.01. The Morgan fingerprint density at radius 1 is 1.39 bits per heavy atom. The summed E-state index contributed by atoms with van der Waals surface area (Å²) >= 11 is 0. The Morgan fingerprint density at radius 2 is 2.35 bits per heavy atom. The number of aryl methyl sites for hydroxylation is 1. The number of nitrogens with zero attached hydrogens (tertiary/aromatic N) is 4. The van der Waals surface area contributed by atoms with Gasteiger partial charge in [-0.05, 0) is 43.9 Å². The lowest BCUT2D eigenvalue weighted by Gasteiger charge is -2.23. The molecule has 2 aromatic heterocycles. The van der Waals surface area contributed by atoms with Crippen LogP contribution in [-0.2, 0) is 24.8 Å². The largest absolute Gasteiger partial charge is 0.381 e. The average Bonchev–Trinajstić information content (AvgIpc) is 3.12. The summed E-state index contributed by atoms with van der Waals surface area (Å²) < 4.78 is 7.60. The first-order chi connectivity index (χ1) is 11.3. The molecule has 0 aliphatic carbocycles. The molecule has 2 aliphatic heterocycles. The van der Waals surface area contributed by atoms with E-state index in [-0.39, 0.29) is 0 Å². The van der Waals surface area contributed by atoms with E-state index in [4.69, 9.17) is 9.84 Å². The number of rotatable bonds is 3. The van der Waals surface area contributed by atoms with Crippen LogP contribution in [0.4, 0.5) is 0 Å². The third-order valence-corrected chi connectivity index (χ3v) is 5.02. The maximum Gasteiger partial charge on any atom is 0.0973 e. The minimum absolute atomic E-state index is 0.697. The Bertz CT molecular complexity index is 661. The molecule has 2 aliphatic rings. The minimum atomic E-state index is 0.697. The topological polar surface area (TPSA) is 43.2 Å². The van der Waals surface area contributed by atoms with Gasteiger partial charge in [-0.15, -0.1) is 0 Å². The van der Waals surface area contributed by atoms with Crippen molar-refractivity contribution in [3.63, 3.8) is 0 Å². The van der Waals surface area contributed by atoms with Crippen LogP contribution in [-0.4, -0.2) is 46.0 Å². The maximum absolute atomic E-state index is 5.53. The molecule has 23 heavy (non-hydrogen) atoms. The molecule has 2 aromatic rings. The summed E-state index contributed by atoms with van der Waals surface area (Å²) in [7, 11) is 2.07. The standard InChI is InChI=1S/C18H24N4O/c1-21-17-12-22(11-14-6-9-23-13-14)8-3-5-16(17)18(20-21)15-4-2-7-19-10-15/h2,4,7,10,14H,3,5-6,8-9,11-13H2,1H3. The van der Waals surface area contributed by atoms with Crippen molar-refractivity contribution in [1.29, 1.82) is 0 Å². The van der Waals surface area contributed by atoms with Crippen LogP contribution >= 0.6 is 0 Å². The summed E-state index contributed by atoms with van der Waals surface area (Å²) in [6, 6.07) is 4.09. The summed E-state index contributed by atoms with van der Waals surface area (Å²) in [6.07, 6.45) is 7.23. The monoisotopic (exact) mass is 312 g/mol. The fraction of sp³-hybridized carbons (Fsp3) is 0.556. The molecule has 0 radical (unpaired) electrons. The molecule has 1 fully saturated rings. The molecular weight excluding hydrogens is 288 g/mol. The zero-order valence-electron chi connectivity index (χ0n) is 13.7. The van der Waals surface area contributed by atoms with Gasteiger partial charge in [0.05, 0.1) is 18.0 Å². The maximum atomic E-state index is 5.53. The van der Waals surface area contributed by atoms with Crippen LogP contribution in [0.1, 0.15) is 24.1 Å².